The van der Waals surface area contributed by atoms with Crippen molar-refractivity contribution in [1.29, 1.82) is 0 Å². The smallest absolute Gasteiger partial charge is 0.251 e. The van der Waals surface area contributed by atoms with Gasteiger partial charge in [-0.1, -0.05) is 11.6 Å². The Hall–Kier alpha value is -2.67. The second-order valence-corrected chi connectivity index (χ2v) is 5.90. The van der Waals surface area contributed by atoms with Crippen molar-refractivity contribution in [3.8, 4) is 0 Å². The van der Waals surface area contributed by atoms with Crippen LogP contribution in [0.4, 0.5) is 4.39 Å². The van der Waals surface area contributed by atoms with Gasteiger partial charge in [0, 0.05) is 35.4 Å². The Labute approximate surface area is 149 Å². The predicted molar refractivity (Wildman–Crippen MR) is 94.0 cm³/mol. The zero-order valence-corrected chi connectivity index (χ0v) is 14.1. The van der Waals surface area contributed by atoms with Gasteiger partial charge in [-0.15, -0.1) is 0 Å². The quantitative estimate of drug-likeness (QED) is 0.759. The molecule has 1 amide bonds. The number of rotatable bonds is 5. The van der Waals surface area contributed by atoms with Crippen LogP contribution in [0.15, 0.2) is 41.5 Å². The van der Waals surface area contributed by atoms with Gasteiger partial charge < -0.3 is 16.0 Å². The number of aromatic nitrogens is 1. The molecule has 0 saturated carbocycles. The molecule has 1 aromatic carbocycles. The zero-order valence-electron chi connectivity index (χ0n) is 13.4. The number of amides is 1. The van der Waals surface area contributed by atoms with Gasteiger partial charge in [0.15, 0.2) is 5.96 Å². The SMILES string of the molecule is O=C(NCc1cc(Cl)ccn1)c1ccc(F)c(CNC2=NCCN2)c1. The topological polar surface area (TPSA) is 78.4 Å². The Morgan fingerprint density at radius 3 is 2.92 bits per heavy atom. The van der Waals surface area contributed by atoms with Crippen molar-refractivity contribution in [2.24, 2.45) is 4.99 Å². The normalized spacial score (nSPS) is 13.1. The summed E-state index contributed by atoms with van der Waals surface area (Å²) in [5.41, 5.74) is 1.42. The number of hydrogen-bond acceptors (Lipinski definition) is 5. The van der Waals surface area contributed by atoms with Crippen LogP contribution >= 0.6 is 11.6 Å². The Balaban J connectivity index is 1.62. The summed E-state index contributed by atoms with van der Waals surface area (Å²) in [5.74, 6) is -0.0419. The standard InChI is InChI=1S/C17H17ClFN5O/c18-13-3-4-20-14(8-13)10-23-16(25)11-1-2-15(19)12(7-11)9-24-17-21-5-6-22-17/h1-4,7-8H,5-6,9-10H2,(H,23,25)(H2,21,22,24). The summed E-state index contributed by atoms with van der Waals surface area (Å²) in [6.07, 6.45) is 1.57. The van der Waals surface area contributed by atoms with E-state index in [1.165, 1.54) is 18.2 Å². The van der Waals surface area contributed by atoms with Crippen LogP contribution < -0.4 is 16.0 Å². The highest BCUT2D eigenvalue weighted by Gasteiger charge is 2.11. The minimum atomic E-state index is -0.376. The second-order valence-electron chi connectivity index (χ2n) is 5.46. The first-order valence-electron chi connectivity index (χ1n) is 7.81. The summed E-state index contributed by atoms with van der Waals surface area (Å²) < 4.78 is 13.9. The molecule has 0 spiro atoms. The van der Waals surface area contributed by atoms with E-state index in [1.54, 1.807) is 18.3 Å². The lowest BCUT2D eigenvalue weighted by molar-refractivity contribution is 0.0950. The maximum absolute atomic E-state index is 13.9. The minimum Gasteiger partial charge on any atom is -0.355 e. The Kier molecular flexibility index (Phi) is 5.45. The fourth-order valence-corrected chi connectivity index (χ4v) is 2.55. The van der Waals surface area contributed by atoms with Crippen molar-refractivity contribution in [3.63, 3.8) is 0 Å². The van der Waals surface area contributed by atoms with Gasteiger partial charge in [-0.05, 0) is 30.3 Å². The van der Waals surface area contributed by atoms with Gasteiger partial charge in [-0.2, -0.15) is 0 Å². The van der Waals surface area contributed by atoms with Crippen molar-refractivity contribution in [1.82, 2.24) is 20.9 Å². The molecule has 1 aliphatic rings. The van der Waals surface area contributed by atoms with E-state index in [4.69, 9.17) is 11.6 Å². The molecule has 8 heteroatoms. The monoisotopic (exact) mass is 361 g/mol. The molecule has 6 nitrogen and oxygen atoms in total. The van der Waals surface area contributed by atoms with Crippen LogP contribution in [0.25, 0.3) is 0 Å². The predicted octanol–water partition coefficient (Wildman–Crippen LogP) is 1.85. The van der Waals surface area contributed by atoms with Crippen LogP contribution in [0.2, 0.25) is 5.02 Å². The molecule has 2 heterocycles. The Bertz CT molecular complexity index is 811. The average molecular weight is 362 g/mol. The summed E-state index contributed by atoms with van der Waals surface area (Å²) in [6, 6.07) is 7.60. The molecule has 0 saturated heterocycles. The number of halogens is 2. The van der Waals surface area contributed by atoms with Crippen LogP contribution in [-0.2, 0) is 13.1 Å². The van der Waals surface area contributed by atoms with E-state index in [1.807, 2.05) is 0 Å². The fraction of sp³-hybridized carbons (Fsp3) is 0.235. The summed E-state index contributed by atoms with van der Waals surface area (Å²) in [4.78, 5) is 20.6. The summed E-state index contributed by atoms with van der Waals surface area (Å²) in [6.45, 7) is 1.95. The molecule has 0 aliphatic carbocycles. The van der Waals surface area contributed by atoms with E-state index < -0.39 is 0 Å². The number of nitrogens with one attached hydrogen (secondary N) is 3. The lowest BCUT2D eigenvalue weighted by Gasteiger charge is -2.10. The molecule has 130 valence electrons. The van der Waals surface area contributed by atoms with Crippen LogP contribution in [0.1, 0.15) is 21.6 Å². The van der Waals surface area contributed by atoms with Gasteiger partial charge in [0.25, 0.3) is 5.91 Å². The van der Waals surface area contributed by atoms with Gasteiger partial charge >= 0.3 is 0 Å². The molecular weight excluding hydrogens is 345 g/mol. The van der Waals surface area contributed by atoms with Crippen molar-refractivity contribution in [3.05, 3.63) is 64.2 Å². The molecule has 0 atom stereocenters. The van der Waals surface area contributed by atoms with Gasteiger partial charge in [-0.25, -0.2) is 4.39 Å². The first-order valence-corrected chi connectivity index (χ1v) is 8.19. The molecule has 0 fully saturated rings. The first-order chi connectivity index (χ1) is 12.1. The number of pyridine rings is 1. The van der Waals surface area contributed by atoms with Crippen molar-refractivity contribution in [2.75, 3.05) is 13.1 Å². The van der Waals surface area contributed by atoms with Crippen molar-refractivity contribution < 1.29 is 9.18 Å². The maximum Gasteiger partial charge on any atom is 0.251 e. The molecule has 1 aliphatic heterocycles. The summed E-state index contributed by atoms with van der Waals surface area (Å²) in [7, 11) is 0. The molecule has 0 unspecified atom stereocenters. The third-order valence-electron chi connectivity index (χ3n) is 3.64. The van der Waals surface area contributed by atoms with E-state index in [-0.39, 0.29) is 24.8 Å². The molecule has 3 N–H and O–H groups in total. The maximum atomic E-state index is 13.9. The molecule has 0 radical (unpaired) electrons. The van der Waals surface area contributed by atoms with E-state index in [2.05, 4.69) is 25.9 Å². The van der Waals surface area contributed by atoms with Gasteiger partial charge in [0.2, 0.25) is 0 Å². The lowest BCUT2D eigenvalue weighted by Crippen LogP contribution is -2.33. The number of carbonyl (C=O) groups is 1. The number of guanidine groups is 1. The molecule has 3 rings (SSSR count). The van der Waals surface area contributed by atoms with Crippen molar-refractivity contribution in [2.45, 2.75) is 13.1 Å². The minimum absolute atomic E-state index is 0.241. The zero-order chi connectivity index (χ0) is 17.6. The van der Waals surface area contributed by atoms with E-state index in [0.717, 1.165) is 6.54 Å². The third-order valence-corrected chi connectivity index (χ3v) is 3.87. The fourth-order valence-electron chi connectivity index (χ4n) is 2.37. The largest absolute Gasteiger partial charge is 0.355 e. The number of benzene rings is 1. The number of carbonyl (C=O) groups excluding carboxylic acids is 1. The summed E-state index contributed by atoms with van der Waals surface area (Å²) in [5, 5.41) is 9.36. The molecule has 2 aromatic rings. The number of nitrogens with zero attached hydrogens (tertiary/aromatic N) is 2. The highest BCUT2D eigenvalue weighted by atomic mass is 35.5. The van der Waals surface area contributed by atoms with E-state index in [9.17, 15) is 9.18 Å². The van der Waals surface area contributed by atoms with Crippen LogP contribution in [0.5, 0.6) is 0 Å². The molecule has 0 bridgehead atoms. The number of aliphatic imine (C=N–C) groups is 1. The highest BCUT2D eigenvalue weighted by molar-refractivity contribution is 6.30. The van der Waals surface area contributed by atoms with Gasteiger partial charge in [0.05, 0.1) is 18.8 Å². The van der Waals surface area contributed by atoms with Gasteiger partial charge in [0.1, 0.15) is 5.82 Å². The van der Waals surface area contributed by atoms with Crippen LogP contribution in [0, 0.1) is 5.82 Å². The van der Waals surface area contributed by atoms with Crippen molar-refractivity contribution >= 4 is 23.5 Å². The molecule has 1 aromatic heterocycles. The Morgan fingerprint density at radius 2 is 2.16 bits per heavy atom. The van der Waals surface area contributed by atoms with E-state index in [0.29, 0.717) is 34.3 Å². The van der Waals surface area contributed by atoms with Crippen LogP contribution in [-0.4, -0.2) is 29.9 Å². The molecule has 25 heavy (non-hydrogen) atoms. The lowest BCUT2D eigenvalue weighted by atomic mass is 10.1. The first kappa shape index (κ1) is 17.2. The van der Waals surface area contributed by atoms with E-state index >= 15 is 0 Å². The van der Waals surface area contributed by atoms with Crippen LogP contribution in [0.3, 0.4) is 0 Å². The highest BCUT2D eigenvalue weighted by Crippen LogP contribution is 2.12. The average Bonchev–Trinajstić information content (AvgIpc) is 3.12. The summed E-state index contributed by atoms with van der Waals surface area (Å²) >= 11 is 5.89. The Morgan fingerprint density at radius 1 is 1.28 bits per heavy atom. The molecular formula is C17H17ClFN5O. The second kappa shape index (κ2) is 7.94. The van der Waals surface area contributed by atoms with Gasteiger partial charge in [-0.3, -0.25) is 14.8 Å². The number of hydrogen-bond donors (Lipinski definition) is 3. The third kappa shape index (κ3) is 4.67.